The molecule has 0 saturated carbocycles. The molecule has 0 heterocycles. The summed E-state index contributed by atoms with van der Waals surface area (Å²) >= 11 is 0. The zero-order valence-electron chi connectivity index (χ0n) is 12.2. The first-order valence-electron chi connectivity index (χ1n) is 7.81. The lowest BCUT2D eigenvalue weighted by Crippen LogP contribution is -1.99. The molecule has 103 valence electrons. The van der Waals surface area contributed by atoms with E-state index in [1.807, 2.05) is 0 Å². The molecule has 3 aromatic rings. The van der Waals surface area contributed by atoms with E-state index < -0.39 is 0 Å². The minimum atomic E-state index is 0.331. The summed E-state index contributed by atoms with van der Waals surface area (Å²) < 4.78 is 0. The molecule has 5 rings (SSSR count). The normalized spacial score (nSPS) is 17.2. The Morgan fingerprint density at radius 3 is 2.73 bits per heavy atom. The van der Waals surface area contributed by atoms with Crippen LogP contribution in [0.4, 0.5) is 0 Å². The molecule has 1 radical (unpaired) electrons. The van der Waals surface area contributed by atoms with Gasteiger partial charge in [-0.3, -0.25) is 0 Å². The Hall–Kier alpha value is -2.60. The van der Waals surface area contributed by atoms with Crippen LogP contribution in [-0.2, 0) is 6.42 Å². The summed E-state index contributed by atoms with van der Waals surface area (Å²) in [5, 5.41) is 0. The fourth-order valence-electron chi connectivity index (χ4n) is 3.90. The van der Waals surface area contributed by atoms with Crippen molar-refractivity contribution in [1.29, 1.82) is 0 Å². The SMILES string of the molecule is [c]1ccc2c(c1C1C=Cc3ccccc31)-c1ccccc1C2. The van der Waals surface area contributed by atoms with Gasteiger partial charge in [0.15, 0.2) is 0 Å². The van der Waals surface area contributed by atoms with Crippen molar-refractivity contribution in [2.24, 2.45) is 0 Å². The molecular weight excluding hydrogens is 264 g/mol. The van der Waals surface area contributed by atoms with Crippen molar-refractivity contribution in [2.75, 3.05) is 0 Å². The van der Waals surface area contributed by atoms with Crippen molar-refractivity contribution in [3.63, 3.8) is 0 Å². The van der Waals surface area contributed by atoms with Crippen LogP contribution in [0.3, 0.4) is 0 Å². The lowest BCUT2D eigenvalue weighted by molar-refractivity contribution is 1.05. The summed E-state index contributed by atoms with van der Waals surface area (Å²) in [6.07, 6.45) is 5.61. The van der Waals surface area contributed by atoms with E-state index in [1.165, 1.54) is 38.9 Å². The maximum atomic E-state index is 3.54. The van der Waals surface area contributed by atoms with Crippen LogP contribution in [0.2, 0.25) is 0 Å². The fourth-order valence-corrected chi connectivity index (χ4v) is 3.90. The van der Waals surface area contributed by atoms with Gasteiger partial charge >= 0.3 is 0 Å². The Labute approximate surface area is 130 Å². The second kappa shape index (κ2) is 4.45. The van der Waals surface area contributed by atoms with Gasteiger partial charge in [-0.25, -0.2) is 0 Å². The first kappa shape index (κ1) is 12.0. The van der Waals surface area contributed by atoms with Gasteiger partial charge in [-0.1, -0.05) is 72.8 Å². The van der Waals surface area contributed by atoms with Gasteiger partial charge in [-0.15, -0.1) is 0 Å². The van der Waals surface area contributed by atoms with Crippen molar-refractivity contribution >= 4 is 6.08 Å². The third kappa shape index (κ3) is 1.58. The van der Waals surface area contributed by atoms with E-state index in [0.29, 0.717) is 5.92 Å². The van der Waals surface area contributed by atoms with Crippen molar-refractivity contribution in [3.05, 3.63) is 101 Å². The third-order valence-electron chi connectivity index (χ3n) is 4.89. The fraction of sp³-hybridized carbons (Fsp3) is 0.0909. The molecule has 0 amide bonds. The van der Waals surface area contributed by atoms with E-state index in [9.17, 15) is 0 Å². The Bertz CT molecular complexity index is 915. The number of hydrogen-bond acceptors (Lipinski definition) is 0. The van der Waals surface area contributed by atoms with Gasteiger partial charge in [0, 0.05) is 5.92 Å². The average molecular weight is 279 g/mol. The lowest BCUT2D eigenvalue weighted by atomic mass is 9.87. The molecule has 22 heavy (non-hydrogen) atoms. The summed E-state index contributed by atoms with van der Waals surface area (Å²) in [5.41, 5.74) is 9.73. The topological polar surface area (TPSA) is 0 Å². The first-order chi connectivity index (χ1) is 10.9. The smallest absolute Gasteiger partial charge is 0.0291 e. The van der Waals surface area contributed by atoms with E-state index >= 15 is 0 Å². The van der Waals surface area contributed by atoms with Gasteiger partial charge in [-0.05, 0) is 51.4 Å². The van der Waals surface area contributed by atoms with E-state index in [2.05, 4.69) is 78.9 Å². The van der Waals surface area contributed by atoms with Crippen LogP contribution in [0.5, 0.6) is 0 Å². The molecule has 0 N–H and O–H groups in total. The van der Waals surface area contributed by atoms with E-state index in [4.69, 9.17) is 0 Å². The monoisotopic (exact) mass is 279 g/mol. The van der Waals surface area contributed by atoms with E-state index in [1.54, 1.807) is 0 Å². The highest BCUT2D eigenvalue weighted by atomic mass is 14.3. The average Bonchev–Trinajstić information content (AvgIpc) is 3.16. The van der Waals surface area contributed by atoms with Gasteiger partial charge in [0.25, 0.3) is 0 Å². The number of fused-ring (bicyclic) bond motifs is 4. The minimum absolute atomic E-state index is 0.331. The molecule has 0 aromatic heterocycles. The number of benzene rings is 3. The molecule has 3 aromatic carbocycles. The van der Waals surface area contributed by atoms with Crippen molar-refractivity contribution < 1.29 is 0 Å². The molecule has 2 aliphatic carbocycles. The van der Waals surface area contributed by atoms with Crippen LogP contribution in [0.1, 0.15) is 33.7 Å². The standard InChI is InChI=1S/C22H15/c1-3-9-18-15(6-1)12-13-20(18)21-11-5-8-17-14-16-7-2-4-10-19(16)22(17)21/h1-10,12-13,20H,14H2. The molecule has 0 aliphatic heterocycles. The third-order valence-corrected chi connectivity index (χ3v) is 4.89. The van der Waals surface area contributed by atoms with E-state index in [0.717, 1.165) is 6.42 Å². The number of hydrogen-bond donors (Lipinski definition) is 0. The van der Waals surface area contributed by atoms with Crippen LogP contribution in [-0.4, -0.2) is 0 Å². The molecule has 1 unspecified atom stereocenters. The van der Waals surface area contributed by atoms with Crippen molar-refractivity contribution in [3.8, 4) is 11.1 Å². The second-order valence-corrected chi connectivity index (χ2v) is 6.09. The van der Waals surface area contributed by atoms with E-state index in [-0.39, 0.29) is 0 Å². The highest BCUT2D eigenvalue weighted by molar-refractivity contribution is 5.81. The molecule has 0 nitrogen and oxygen atoms in total. The molecule has 2 aliphatic rings. The van der Waals surface area contributed by atoms with Crippen LogP contribution in [0.25, 0.3) is 17.2 Å². The maximum Gasteiger partial charge on any atom is 0.0291 e. The summed E-state index contributed by atoms with van der Waals surface area (Å²) in [4.78, 5) is 0. The zero-order valence-corrected chi connectivity index (χ0v) is 12.2. The number of allylic oxidation sites excluding steroid dienone is 1. The summed E-state index contributed by atoms with van der Waals surface area (Å²) in [5.74, 6) is 0.331. The van der Waals surface area contributed by atoms with Gasteiger partial charge < -0.3 is 0 Å². The van der Waals surface area contributed by atoms with Crippen LogP contribution in [0, 0.1) is 6.07 Å². The molecule has 0 saturated heterocycles. The Kier molecular flexibility index (Phi) is 2.42. The predicted octanol–water partition coefficient (Wildman–Crippen LogP) is 5.22. The predicted molar refractivity (Wildman–Crippen MR) is 90.8 cm³/mol. The number of rotatable bonds is 1. The van der Waals surface area contributed by atoms with Crippen LogP contribution in [0.15, 0.2) is 66.7 Å². The van der Waals surface area contributed by atoms with Gasteiger partial charge in [0.2, 0.25) is 0 Å². The molecule has 0 fully saturated rings. The van der Waals surface area contributed by atoms with Crippen molar-refractivity contribution in [2.45, 2.75) is 12.3 Å². The van der Waals surface area contributed by atoms with Gasteiger partial charge in [0.05, 0.1) is 0 Å². The van der Waals surface area contributed by atoms with Crippen molar-refractivity contribution in [1.82, 2.24) is 0 Å². The quantitative estimate of drug-likeness (QED) is 0.448. The zero-order chi connectivity index (χ0) is 14.5. The second-order valence-electron chi connectivity index (χ2n) is 6.09. The Morgan fingerprint density at radius 1 is 0.864 bits per heavy atom. The minimum Gasteiger partial charge on any atom is -0.0720 e. The Morgan fingerprint density at radius 2 is 1.73 bits per heavy atom. The molecular formula is C22H15. The van der Waals surface area contributed by atoms with Gasteiger partial charge in [-0.2, -0.15) is 0 Å². The Balaban J connectivity index is 1.74. The summed E-state index contributed by atoms with van der Waals surface area (Å²) in [6, 6.07) is 25.3. The summed E-state index contributed by atoms with van der Waals surface area (Å²) in [7, 11) is 0. The molecule has 0 bridgehead atoms. The molecule has 1 atom stereocenters. The molecule has 0 spiro atoms. The molecule has 0 heteroatoms. The highest BCUT2D eigenvalue weighted by Gasteiger charge is 2.27. The van der Waals surface area contributed by atoms with Crippen LogP contribution >= 0.6 is 0 Å². The largest absolute Gasteiger partial charge is 0.0720 e. The van der Waals surface area contributed by atoms with Gasteiger partial charge in [0.1, 0.15) is 0 Å². The van der Waals surface area contributed by atoms with Crippen LogP contribution < -0.4 is 0 Å². The lowest BCUT2D eigenvalue weighted by Gasteiger charge is -2.16. The highest BCUT2D eigenvalue weighted by Crippen LogP contribution is 2.45. The summed E-state index contributed by atoms with van der Waals surface area (Å²) in [6.45, 7) is 0. The first-order valence-corrected chi connectivity index (χ1v) is 7.81. The maximum absolute atomic E-state index is 3.54.